The molecule has 0 N–H and O–H groups in total. The Bertz CT molecular complexity index is 319. The fraction of sp³-hybridized carbons (Fsp3) is 0.611. The van der Waals surface area contributed by atoms with E-state index in [1.165, 1.54) is 19.1 Å². The first-order valence-electron chi connectivity index (χ1n) is 8.08. The molecule has 3 nitrogen and oxygen atoms in total. The normalized spacial score (nSPS) is 12.4. The van der Waals surface area contributed by atoms with E-state index in [4.69, 9.17) is 0 Å². The predicted octanol–water partition coefficient (Wildman–Crippen LogP) is 5.29. The van der Waals surface area contributed by atoms with E-state index in [0.29, 0.717) is 0 Å². The number of methoxy groups -OCH3 is 1. The van der Waals surface area contributed by atoms with Crippen LogP contribution < -0.4 is 0 Å². The van der Waals surface area contributed by atoms with Gasteiger partial charge in [0.15, 0.2) is 0 Å². The molecule has 21 heavy (non-hydrogen) atoms. The zero-order valence-electron chi connectivity index (χ0n) is 14.7. The van der Waals surface area contributed by atoms with Crippen LogP contribution in [0.1, 0.15) is 52.5 Å². The summed E-state index contributed by atoms with van der Waals surface area (Å²) in [6, 6.07) is 10.3. The number of nitrogens with zero attached hydrogens (tertiary/aromatic N) is 1. The van der Waals surface area contributed by atoms with Crippen molar-refractivity contribution in [2.45, 2.75) is 53.9 Å². The summed E-state index contributed by atoms with van der Waals surface area (Å²) in [5.41, 5.74) is 1.32. The van der Waals surface area contributed by atoms with Crippen LogP contribution in [-0.2, 0) is 4.74 Å². The molecule has 1 amide bonds. The lowest BCUT2D eigenvalue weighted by molar-refractivity contribution is 0.115. The maximum absolute atomic E-state index is 10.9. The van der Waals surface area contributed by atoms with Crippen molar-refractivity contribution < 1.29 is 9.53 Å². The number of carbonyl (C=O) groups excluding carboxylic acids is 1. The molecule has 3 heteroatoms. The zero-order valence-corrected chi connectivity index (χ0v) is 14.7. The second-order valence-electron chi connectivity index (χ2n) is 4.17. The lowest BCUT2D eigenvalue weighted by Gasteiger charge is -2.24. The van der Waals surface area contributed by atoms with Crippen LogP contribution in [0.4, 0.5) is 4.79 Å². The van der Waals surface area contributed by atoms with Crippen LogP contribution in [0.25, 0.3) is 0 Å². The average Bonchev–Trinajstić information content (AvgIpc) is 2.60. The maximum atomic E-state index is 10.9. The van der Waals surface area contributed by atoms with Crippen molar-refractivity contribution in [1.29, 1.82) is 0 Å². The molecule has 1 aliphatic heterocycles. The van der Waals surface area contributed by atoms with Gasteiger partial charge in [0.25, 0.3) is 0 Å². The molecular weight excluding hydrogens is 262 g/mol. The minimum Gasteiger partial charge on any atom is -0.453 e. The largest absolute Gasteiger partial charge is 0.453 e. The molecule has 0 radical (unpaired) electrons. The molecule has 1 heterocycles. The second kappa shape index (κ2) is 16.5. The van der Waals surface area contributed by atoms with E-state index in [-0.39, 0.29) is 6.09 Å². The molecule has 2 rings (SSSR count). The van der Waals surface area contributed by atoms with Gasteiger partial charge in [0, 0.05) is 13.1 Å². The third-order valence-corrected chi connectivity index (χ3v) is 2.73. The van der Waals surface area contributed by atoms with Crippen LogP contribution in [-0.4, -0.2) is 31.2 Å². The van der Waals surface area contributed by atoms with Crippen LogP contribution >= 0.6 is 0 Å². The molecule has 0 saturated carbocycles. The Kier molecular flexibility index (Phi) is 17.2. The molecule has 0 aliphatic carbocycles. The highest BCUT2D eigenvalue weighted by molar-refractivity contribution is 5.67. The minimum atomic E-state index is -0.181. The number of ether oxygens (including phenoxy) is 1. The van der Waals surface area contributed by atoms with E-state index in [1.807, 2.05) is 45.9 Å². The highest BCUT2D eigenvalue weighted by Gasteiger charge is 2.15. The molecule has 0 bridgehead atoms. The van der Waals surface area contributed by atoms with E-state index in [2.05, 4.69) is 23.8 Å². The Morgan fingerprint density at radius 2 is 1.43 bits per heavy atom. The van der Waals surface area contributed by atoms with Gasteiger partial charge in [-0.15, -0.1) is 0 Å². The van der Waals surface area contributed by atoms with Crippen LogP contribution in [0, 0.1) is 6.92 Å². The predicted molar refractivity (Wildman–Crippen MR) is 91.7 cm³/mol. The molecule has 1 fully saturated rings. The summed E-state index contributed by atoms with van der Waals surface area (Å²) >= 11 is 0. The van der Waals surface area contributed by atoms with E-state index < -0.39 is 0 Å². The van der Waals surface area contributed by atoms with Gasteiger partial charge >= 0.3 is 6.09 Å². The number of hydrogen-bond acceptors (Lipinski definition) is 2. The molecule has 0 unspecified atom stereocenters. The minimum absolute atomic E-state index is 0.181. The van der Waals surface area contributed by atoms with Gasteiger partial charge in [-0.1, -0.05) is 63.6 Å². The first-order chi connectivity index (χ1) is 10.2. The summed E-state index contributed by atoms with van der Waals surface area (Å²) in [6.07, 6.45) is 3.30. The summed E-state index contributed by atoms with van der Waals surface area (Å²) in [7, 11) is 1.43. The van der Waals surface area contributed by atoms with Crippen molar-refractivity contribution in [3.05, 3.63) is 35.9 Å². The van der Waals surface area contributed by atoms with Crippen molar-refractivity contribution in [2.24, 2.45) is 0 Å². The number of carbonyl (C=O) groups is 1. The van der Waals surface area contributed by atoms with Gasteiger partial charge in [-0.3, -0.25) is 0 Å². The van der Waals surface area contributed by atoms with Crippen LogP contribution in [0.5, 0.6) is 0 Å². The topological polar surface area (TPSA) is 29.5 Å². The molecule has 1 saturated heterocycles. The Hall–Kier alpha value is -1.51. The number of benzene rings is 1. The molecule has 0 aromatic heterocycles. The molecule has 0 atom stereocenters. The molecular formula is C18H33NO2. The van der Waals surface area contributed by atoms with Gasteiger partial charge in [0.05, 0.1) is 7.11 Å². The molecule has 1 aliphatic rings. The number of hydrogen-bond donors (Lipinski definition) is 0. The highest BCUT2D eigenvalue weighted by atomic mass is 16.5. The number of piperidine rings is 1. The SMILES string of the molecule is CC.CC.COC(=O)N1CCCCC1.Cc1ccccc1. The standard InChI is InChI=1S/C7H13NO2.C7H8.2C2H6/c1-10-7(9)8-5-3-2-4-6-8;1-7-5-3-2-4-6-7;2*1-2/h2-6H2,1H3;2-6H,1H3;2*1-2H3. The number of amides is 1. The van der Waals surface area contributed by atoms with Gasteiger partial charge in [0.2, 0.25) is 0 Å². The first kappa shape index (κ1) is 21.8. The molecule has 122 valence electrons. The summed E-state index contributed by atoms with van der Waals surface area (Å²) in [5, 5.41) is 0. The van der Waals surface area contributed by atoms with Crippen molar-refractivity contribution in [1.82, 2.24) is 4.90 Å². The summed E-state index contributed by atoms with van der Waals surface area (Å²) in [6.45, 7) is 11.8. The van der Waals surface area contributed by atoms with E-state index in [0.717, 1.165) is 25.9 Å². The van der Waals surface area contributed by atoms with E-state index >= 15 is 0 Å². The lowest BCUT2D eigenvalue weighted by atomic mass is 10.1. The quantitative estimate of drug-likeness (QED) is 0.651. The zero-order chi connectivity index (χ0) is 16.5. The maximum Gasteiger partial charge on any atom is 0.409 e. The summed E-state index contributed by atoms with van der Waals surface area (Å²) in [4.78, 5) is 12.6. The number of rotatable bonds is 0. The lowest BCUT2D eigenvalue weighted by Crippen LogP contribution is -2.35. The Morgan fingerprint density at radius 1 is 0.952 bits per heavy atom. The van der Waals surface area contributed by atoms with E-state index in [9.17, 15) is 4.79 Å². The van der Waals surface area contributed by atoms with Gasteiger partial charge in [0.1, 0.15) is 0 Å². The van der Waals surface area contributed by atoms with Crippen LogP contribution in [0.3, 0.4) is 0 Å². The van der Waals surface area contributed by atoms with Gasteiger partial charge in [-0.2, -0.15) is 0 Å². The van der Waals surface area contributed by atoms with Crippen molar-refractivity contribution >= 4 is 6.09 Å². The molecule has 1 aromatic carbocycles. The van der Waals surface area contributed by atoms with Crippen molar-refractivity contribution in [2.75, 3.05) is 20.2 Å². The Balaban J connectivity index is 0. The van der Waals surface area contributed by atoms with Crippen molar-refractivity contribution in [3.8, 4) is 0 Å². The van der Waals surface area contributed by atoms with Gasteiger partial charge in [-0.25, -0.2) is 4.79 Å². The fourth-order valence-electron chi connectivity index (χ4n) is 1.74. The van der Waals surface area contributed by atoms with Crippen LogP contribution in [0.15, 0.2) is 30.3 Å². The van der Waals surface area contributed by atoms with E-state index in [1.54, 1.807) is 4.90 Å². The highest BCUT2D eigenvalue weighted by Crippen LogP contribution is 2.08. The summed E-state index contributed by atoms with van der Waals surface area (Å²) < 4.78 is 4.58. The Morgan fingerprint density at radius 3 is 1.76 bits per heavy atom. The molecule has 1 aromatic rings. The second-order valence-corrected chi connectivity index (χ2v) is 4.17. The van der Waals surface area contributed by atoms with Gasteiger partial charge in [-0.05, 0) is 26.2 Å². The molecule has 0 spiro atoms. The summed E-state index contributed by atoms with van der Waals surface area (Å²) in [5.74, 6) is 0. The van der Waals surface area contributed by atoms with Crippen molar-refractivity contribution in [3.63, 3.8) is 0 Å². The number of aryl methyl sites for hydroxylation is 1. The number of likely N-dealkylation sites (tertiary alicyclic amines) is 1. The van der Waals surface area contributed by atoms with Gasteiger partial charge < -0.3 is 9.64 Å². The third-order valence-electron chi connectivity index (χ3n) is 2.73. The average molecular weight is 295 g/mol. The third kappa shape index (κ3) is 12.0. The first-order valence-corrected chi connectivity index (χ1v) is 8.08. The Labute approximate surface area is 131 Å². The van der Waals surface area contributed by atoms with Crippen LogP contribution in [0.2, 0.25) is 0 Å². The fourth-order valence-corrected chi connectivity index (χ4v) is 1.74. The smallest absolute Gasteiger partial charge is 0.409 e. The monoisotopic (exact) mass is 295 g/mol.